The van der Waals surface area contributed by atoms with Crippen LogP contribution in [0, 0.1) is 6.92 Å². The maximum atomic E-state index is 11.5. The zero-order valence-corrected chi connectivity index (χ0v) is 10.8. The molecule has 0 atom stereocenters. The van der Waals surface area contributed by atoms with Crippen molar-refractivity contribution in [2.75, 3.05) is 0 Å². The van der Waals surface area contributed by atoms with Crippen molar-refractivity contribution in [2.45, 2.75) is 6.92 Å². The highest BCUT2D eigenvalue weighted by atomic mass is 35.5. The van der Waals surface area contributed by atoms with Crippen LogP contribution >= 0.6 is 35.6 Å². The van der Waals surface area contributed by atoms with Crippen LogP contribution in [0.4, 0.5) is 0 Å². The van der Waals surface area contributed by atoms with Gasteiger partial charge in [0.1, 0.15) is 4.32 Å². The molecule has 0 aliphatic carbocycles. The fourth-order valence-electron chi connectivity index (χ4n) is 1.34. The van der Waals surface area contributed by atoms with Gasteiger partial charge >= 0.3 is 0 Å². The molecule has 0 bridgehead atoms. The SMILES string of the molecule is Cc1ccc(Cl)c(/C=C2\SC(=S)NC2=O)c1. The summed E-state index contributed by atoms with van der Waals surface area (Å²) in [5.41, 5.74) is 1.94. The highest BCUT2D eigenvalue weighted by Gasteiger charge is 2.22. The molecule has 1 heterocycles. The number of nitrogens with one attached hydrogen (secondary N) is 1. The van der Waals surface area contributed by atoms with Crippen LogP contribution < -0.4 is 5.32 Å². The number of hydrogen-bond acceptors (Lipinski definition) is 3. The first-order valence-corrected chi connectivity index (χ1v) is 6.17. The smallest absolute Gasteiger partial charge is 0.263 e. The van der Waals surface area contributed by atoms with E-state index in [0.29, 0.717) is 14.2 Å². The molecule has 1 aromatic rings. The average Bonchev–Trinajstić information content (AvgIpc) is 2.51. The Morgan fingerprint density at radius 1 is 1.50 bits per heavy atom. The number of aryl methyl sites for hydroxylation is 1. The monoisotopic (exact) mass is 269 g/mol. The van der Waals surface area contributed by atoms with Crippen molar-refractivity contribution in [3.05, 3.63) is 39.3 Å². The number of rotatable bonds is 1. The van der Waals surface area contributed by atoms with Crippen molar-refractivity contribution in [3.63, 3.8) is 0 Å². The minimum absolute atomic E-state index is 0.160. The zero-order chi connectivity index (χ0) is 11.7. The zero-order valence-electron chi connectivity index (χ0n) is 8.41. The summed E-state index contributed by atoms with van der Waals surface area (Å²) in [5.74, 6) is -0.160. The molecular weight excluding hydrogens is 262 g/mol. The lowest BCUT2D eigenvalue weighted by molar-refractivity contribution is -0.115. The maximum absolute atomic E-state index is 11.5. The Balaban J connectivity index is 2.39. The standard InChI is InChI=1S/C11H8ClNOS2/c1-6-2-3-8(12)7(4-6)5-9-10(14)13-11(15)16-9/h2-5H,1H3,(H,13,14,15)/b9-5-. The molecule has 0 aromatic heterocycles. The predicted molar refractivity (Wildman–Crippen MR) is 72.5 cm³/mol. The number of hydrogen-bond donors (Lipinski definition) is 1. The van der Waals surface area contributed by atoms with Crippen LogP contribution in [0.1, 0.15) is 11.1 Å². The largest absolute Gasteiger partial charge is 0.307 e. The normalized spacial score (nSPS) is 18.0. The predicted octanol–water partition coefficient (Wildman–Crippen LogP) is 3.14. The summed E-state index contributed by atoms with van der Waals surface area (Å²) >= 11 is 12.2. The van der Waals surface area contributed by atoms with E-state index >= 15 is 0 Å². The molecule has 2 nitrogen and oxygen atoms in total. The van der Waals surface area contributed by atoms with Crippen LogP contribution in [0.2, 0.25) is 5.02 Å². The first kappa shape index (κ1) is 11.6. The molecule has 1 aromatic carbocycles. The molecule has 0 radical (unpaired) electrons. The molecule has 5 heteroatoms. The van der Waals surface area contributed by atoms with Gasteiger partial charge in [0.15, 0.2) is 0 Å². The summed E-state index contributed by atoms with van der Waals surface area (Å²) in [6.07, 6.45) is 1.76. The Morgan fingerprint density at radius 2 is 2.25 bits per heavy atom. The molecule has 1 aliphatic heterocycles. The van der Waals surface area contributed by atoms with Crippen molar-refractivity contribution in [1.29, 1.82) is 0 Å². The van der Waals surface area contributed by atoms with E-state index in [9.17, 15) is 4.79 Å². The first-order valence-electron chi connectivity index (χ1n) is 4.57. The molecule has 1 saturated heterocycles. The molecule has 82 valence electrons. The van der Waals surface area contributed by atoms with Crippen molar-refractivity contribution in [1.82, 2.24) is 5.32 Å². The van der Waals surface area contributed by atoms with Gasteiger partial charge in [0.25, 0.3) is 5.91 Å². The van der Waals surface area contributed by atoms with Crippen molar-refractivity contribution in [2.24, 2.45) is 0 Å². The number of carbonyl (C=O) groups excluding carboxylic acids is 1. The third-order valence-electron chi connectivity index (χ3n) is 2.08. The second kappa shape index (κ2) is 4.57. The van der Waals surface area contributed by atoms with Gasteiger partial charge in [0, 0.05) is 5.02 Å². The summed E-state index contributed by atoms with van der Waals surface area (Å²) in [6.45, 7) is 1.98. The van der Waals surface area contributed by atoms with E-state index in [0.717, 1.165) is 11.1 Å². The highest BCUT2D eigenvalue weighted by Crippen LogP contribution is 2.28. The molecule has 1 fully saturated rings. The number of halogens is 1. The molecule has 0 spiro atoms. The summed E-state index contributed by atoms with van der Waals surface area (Å²) in [7, 11) is 0. The van der Waals surface area contributed by atoms with E-state index in [1.807, 2.05) is 25.1 Å². The van der Waals surface area contributed by atoms with E-state index in [1.165, 1.54) is 11.8 Å². The van der Waals surface area contributed by atoms with Crippen LogP contribution in [0.5, 0.6) is 0 Å². The van der Waals surface area contributed by atoms with Gasteiger partial charge in [-0.2, -0.15) is 0 Å². The molecule has 1 N–H and O–H groups in total. The molecule has 1 amide bonds. The Morgan fingerprint density at radius 3 is 2.88 bits per heavy atom. The Bertz CT molecular complexity index is 511. The summed E-state index contributed by atoms with van der Waals surface area (Å²) < 4.78 is 0.486. The topological polar surface area (TPSA) is 29.1 Å². The summed E-state index contributed by atoms with van der Waals surface area (Å²) in [5, 5.41) is 3.19. The van der Waals surface area contributed by atoms with Gasteiger partial charge in [-0.1, -0.05) is 53.3 Å². The number of thioether (sulfide) groups is 1. The third kappa shape index (κ3) is 2.45. The van der Waals surface area contributed by atoms with Gasteiger partial charge in [-0.25, -0.2) is 0 Å². The van der Waals surface area contributed by atoms with E-state index in [2.05, 4.69) is 5.32 Å². The van der Waals surface area contributed by atoms with E-state index in [4.69, 9.17) is 23.8 Å². The fourth-order valence-corrected chi connectivity index (χ4v) is 2.54. The van der Waals surface area contributed by atoms with E-state index in [1.54, 1.807) is 6.08 Å². The molecule has 0 saturated carbocycles. The molecule has 2 rings (SSSR count). The van der Waals surface area contributed by atoms with Crippen molar-refractivity contribution in [3.8, 4) is 0 Å². The molecule has 16 heavy (non-hydrogen) atoms. The van der Waals surface area contributed by atoms with Gasteiger partial charge < -0.3 is 5.32 Å². The van der Waals surface area contributed by atoms with Gasteiger partial charge in [0.05, 0.1) is 4.91 Å². The Labute approximate surface area is 108 Å². The van der Waals surface area contributed by atoms with Gasteiger partial charge in [-0.15, -0.1) is 0 Å². The number of carbonyl (C=O) groups is 1. The first-order chi connectivity index (χ1) is 7.56. The van der Waals surface area contributed by atoms with Crippen LogP contribution in [0.25, 0.3) is 6.08 Å². The van der Waals surface area contributed by atoms with Gasteiger partial charge in [-0.3, -0.25) is 4.79 Å². The lowest BCUT2D eigenvalue weighted by Gasteiger charge is -2.00. The van der Waals surface area contributed by atoms with Crippen molar-refractivity contribution >= 4 is 51.9 Å². The number of thiocarbonyl (C=S) groups is 1. The van der Waals surface area contributed by atoms with Crippen molar-refractivity contribution < 1.29 is 4.79 Å². The second-order valence-corrected chi connectivity index (χ2v) is 5.50. The lowest BCUT2D eigenvalue weighted by Crippen LogP contribution is -2.17. The Kier molecular flexibility index (Phi) is 3.33. The quantitative estimate of drug-likeness (QED) is 0.627. The second-order valence-electron chi connectivity index (χ2n) is 3.38. The maximum Gasteiger partial charge on any atom is 0.263 e. The average molecular weight is 270 g/mol. The molecule has 1 aliphatic rings. The van der Waals surface area contributed by atoms with Crippen LogP contribution in [-0.4, -0.2) is 10.2 Å². The van der Waals surface area contributed by atoms with Gasteiger partial charge in [0.2, 0.25) is 0 Å². The molecular formula is C11H8ClNOS2. The highest BCUT2D eigenvalue weighted by molar-refractivity contribution is 8.26. The van der Waals surface area contributed by atoms with Gasteiger partial charge in [-0.05, 0) is 24.6 Å². The Hall–Kier alpha value is -0.840. The number of amides is 1. The summed E-state index contributed by atoms with van der Waals surface area (Å²) in [6, 6.07) is 5.68. The van der Waals surface area contributed by atoms with Crippen LogP contribution in [0.3, 0.4) is 0 Å². The van der Waals surface area contributed by atoms with E-state index in [-0.39, 0.29) is 5.91 Å². The molecule has 0 unspecified atom stereocenters. The number of benzene rings is 1. The van der Waals surface area contributed by atoms with Crippen LogP contribution in [-0.2, 0) is 4.79 Å². The fraction of sp³-hybridized carbons (Fsp3) is 0.0909. The minimum atomic E-state index is -0.160. The third-order valence-corrected chi connectivity index (χ3v) is 3.59. The summed E-state index contributed by atoms with van der Waals surface area (Å²) in [4.78, 5) is 12.0. The minimum Gasteiger partial charge on any atom is -0.307 e. The van der Waals surface area contributed by atoms with E-state index < -0.39 is 0 Å². The van der Waals surface area contributed by atoms with Crippen LogP contribution in [0.15, 0.2) is 23.1 Å². The lowest BCUT2D eigenvalue weighted by atomic mass is 10.1.